The lowest BCUT2D eigenvalue weighted by Crippen LogP contribution is -2.33. The maximum Gasteiger partial charge on any atom is 0.126 e. The number of hydrogen-bond acceptors (Lipinski definition) is 3. The van der Waals surface area contributed by atoms with Crippen molar-refractivity contribution in [3.8, 4) is 0 Å². The first-order valence-electron chi connectivity index (χ1n) is 5.98. The molecule has 0 bridgehead atoms. The molecule has 1 N–H and O–H groups in total. The monoisotopic (exact) mass is 223 g/mol. The zero-order chi connectivity index (χ0) is 11.9. The maximum absolute atomic E-state index is 8.75. The van der Waals surface area contributed by atoms with Crippen LogP contribution in [0.2, 0.25) is 0 Å². The van der Waals surface area contributed by atoms with Crippen molar-refractivity contribution in [2.45, 2.75) is 52.7 Å². The summed E-state index contributed by atoms with van der Waals surface area (Å²) in [6, 6.07) is 0. The van der Waals surface area contributed by atoms with E-state index in [4.69, 9.17) is 9.94 Å². The summed E-state index contributed by atoms with van der Waals surface area (Å²) in [5.74, 6) is 0.461. The van der Waals surface area contributed by atoms with E-state index in [-0.39, 0.29) is 17.6 Å². The van der Waals surface area contributed by atoms with Crippen LogP contribution in [0.1, 0.15) is 40.5 Å². The summed E-state index contributed by atoms with van der Waals surface area (Å²) in [4.78, 5) is 0. The first kappa shape index (κ1) is 11.6. The van der Waals surface area contributed by atoms with Gasteiger partial charge in [0.2, 0.25) is 0 Å². The molecule has 0 aromatic heterocycles. The number of oxime groups is 1. The smallest absolute Gasteiger partial charge is 0.126 e. The molecule has 3 unspecified atom stereocenters. The third-order valence-corrected chi connectivity index (χ3v) is 4.01. The van der Waals surface area contributed by atoms with Crippen LogP contribution >= 0.6 is 0 Å². The summed E-state index contributed by atoms with van der Waals surface area (Å²) in [6.45, 7) is 8.62. The number of hydrogen-bond donors (Lipinski definition) is 1. The van der Waals surface area contributed by atoms with Crippen LogP contribution in [0, 0.1) is 11.3 Å². The van der Waals surface area contributed by atoms with Crippen molar-refractivity contribution in [2.75, 3.05) is 0 Å². The van der Waals surface area contributed by atoms with Gasteiger partial charge in [-0.2, -0.15) is 0 Å². The second kappa shape index (κ2) is 3.88. The van der Waals surface area contributed by atoms with Gasteiger partial charge in [-0.25, -0.2) is 0 Å². The molecule has 0 spiro atoms. The summed E-state index contributed by atoms with van der Waals surface area (Å²) >= 11 is 0. The maximum atomic E-state index is 8.75. The molecule has 16 heavy (non-hydrogen) atoms. The third-order valence-electron chi connectivity index (χ3n) is 4.01. The summed E-state index contributed by atoms with van der Waals surface area (Å²) in [6.07, 6.45) is 4.93. The number of epoxide rings is 1. The second-order valence-corrected chi connectivity index (χ2v) is 5.72. The van der Waals surface area contributed by atoms with E-state index in [9.17, 15) is 0 Å². The fraction of sp³-hybridized carbons (Fsp3) is 0.769. The highest BCUT2D eigenvalue weighted by atomic mass is 16.6. The van der Waals surface area contributed by atoms with Crippen LogP contribution in [0.15, 0.2) is 16.8 Å². The van der Waals surface area contributed by atoms with Crippen LogP contribution in [0.3, 0.4) is 0 Å². The van der Waals surface area contributed by atoms with Crippen LogP contribution < -0.4 is 0 Å². The fourth-order valence-corrected chi connectivity index (χ4v) is 3.04. The minimum Gasteiger partial charge on any atom is -0.411 e. The Morgan fingerprint density at radius 2 is 2.25 bits per heavy atom. The van der Waals surface area contributed by atoms with Gasteiger partial charge in [0.05, 0.1) is 11.8 Å². The van der Waals surface area contributed by atoms with E-state index in [0.717, 1.165) is 0 Å². The number of allylic oxidation sites excluding steroid dienone is 1. The van der Waals surface area contributed by atoms with Gasteiger partial charge >= 0.3 is 0 Å². The lowest BCUT2D eigenvalue weighted by Gasteiger charge is -2.37. The van der Waals surface area contributed by atoms with Crippen molar-refractivity contribution in [2.24, 2.45) is 16.5 Å². The van der Waals surface area contributed by atoms with Gasteiger partial charge in [-0.15, -0.1) is 0 Å². The molecule has 1 aliphatic carbocycles. The zero-order valence-electron chi connectivity index (χ0n) is 10.5. The molecule has 0 radical (unpaired) electrons. The Balaban J connectivity index is 2.15. The molecule has 3 atom stereocenters. The molecule has 2 rings (SSSR count). The highest BCUT2D eigenvalue weighted by molar-refractivity contribution is 5.88. The molecule has 0 aromatic carbocycles. The first-order valence-corrected chi connectivity index (χ1v) is 5.98. The van der Waals surface area contributed by atoms with Gasteiger partial charge < -0.3 is 9.94 Å². The summed E-state index contributed by atoms with van der Waals surface area (Å²) < 4.78 is 5.68. The molecule has 3 nitrogen and oxygen atoms in total. The van der Waals surface area contributed by atoms with E-state index in [1.165, 1.54) is 18.4 Å². The molecule has 1 aliphatic heterocycles. The van der Waals surface area contributed by atoms with Crippen LogP contribution in [0.25, 0.3) is 0 Å². The average Bonchev–Trinajstić information content (AvgIpc) is 2.95. The Labute approximate surface area is 97.2 Å². The van der Waals surface area contributed by atoms with Crippen molar-refractivity contribution in [3.63, 3.8) is 0 Å². The number of ether oxygens (including phenoxy) is 1. The van der Waals surface area contributed by atoms with Crippen LogP contribution in [-0.2, 0) is 4.74 Å². The average molecular weight is 223 g/mol. The van der Waals surface area contributed by atoms with Gasteiger partial charge in [-0.1, -0.05) is 30.7 Å². The van der Waals surface area contributed by atoms with E-state index in [1.54, 1.807) is 0 Å². The van der Waals surface area contributed by atoms with Crippen molar-refractivity contribution in [3.05, 3.63) is 11.6 Å². The van der Waals surface area contributed by atoms with Crippen LogP contribution in [-0.4, -0.2) is 23.1 Å². The molecule has 1 heterocycles. The summed E-state index contributed by atoms with van der Waals surface area (Å²) in [5.41, 5.74) is 2.40. The molecule has 0 saturated carbocycles. The van der Waals surface area contributed by atoms with E-state index in [1.807, 2.05) is 6.92 Å². The van der Waals surface area contributed by atoms with Crippen LogP contribution in [0.4, 0.5) is 0 Å². The Morgan fingerprint density at radius 1 is 1.56 bits per heavy atom. The molecule has 0 aromatic rings. The van der Waals surface area contributed by atoms with Gasteiger partial charge in [-0.05, 0) is 32.1 Å². The minimum atomic E-state index is 0.0238. The molecule has 3 heteroatoms. The molecular formula is C13H21NO2. The SMILES string of the molecule is CC1=CCCC(C)(C)C1C1OC1C(C)=NO. The fourth-order valence-electron chi connectivity index (χ4n) is 3.04. The van der Waals surface area contributed by atoms with Crippen molar-refractivity contribution >= 4 is 5.71 Å². The number of rotatable bonds is 2. The molecule has 0 amide bonds. The molecular weight excluding hydrogens is 202 g/mol. The Bertz CT molecular complexity index is 344. The molecule has 2 aliphatic rings. The lowest BCUT2D eigenvalue weighted by molar-refractivity contribution is 0.172. The minimum absolute atomic E-state index is 0.0238. The van der Waals surface area contributed by atoms with E-state index in [0.29, 0.717) is 11.6 Å². The van der Waals surface area contributed by atoms with E-state index in [2.05, 4.69) is 32.0 Å². The predicted molar refractivity (Wildman–Crippen MR) is 63.8 cm³/mol. The van der Waals surface area contributed by atoms with Crippen LogP contribution in [0.5, 0.6) is 0 Å². The quantitative estimate of drug-likeness (QED) is 0.257. The Hall–Kier alpha value is -0.830. The number of nitrogens with zero attached hydrogens (tertiary/aromatic N) is 1. The molecule has 1 fully saturated rings. The van der Waals surface area contributed by atoms with E-state index >= 15 is 0 Å². The summed E-state index contributed by atoms with van der Waals surface area (Å²) in [5, 5.41) is 12.0. The van der Waals surface area contributed by atoms with Gasteiger partial charge in [0, 0.05) is 5.92 Å². The van der Waals surface area contributed by atoms with Gasteiger partial charge in [-0.3, -0.25) is 0 Å². The Morgan fingerprint density at radius 3 is 2.81 bits per heavy atom. The zero-order valence-corrected chi connectivity index (χ0v) is 10.5. The largest absolute Gasteiger partial charge is 0.411 e. The summed E-state index contributed by atoms with van der Waals surface area (Å²) in [7, 11) is 0. The van der Waals surface area contributed by atoms with E-state index < -0.39 is 0 Å². The van der Waals surface area contributed by atoms with Gasteiger partial charge in [0.25, 0.3) is 0 Å². The standard InChI is InChI=1S/C13H21NO2/c1-8-6-5-7-13(3,4)10(8)12-11(16-12)9(2)14-15/h6,10-12,15H,5,7H2,1-4H3. The lowest BCUT2D eigenvalue weighted by atomic mass is 9.66. The molecule has 90 valence electrons. The van der Waals surface area contributed by atoms with Crippen molar-refractivity contribution in [1.82, 2.24) is 0 Å². The normalized spacial score (nSPS) is 38.1. The topological polar surface area (TPSA) is 45.1 Å². The highest BCUT2D eigenvalue weighted by Crippen LogP contribution is 2.49. The van der Waals surface area contributed by atoms with Crippen molar-refractivity contribution in [1.29, 1.82) is 0 Å². The first-order chi connectivity index (χ1) is 7.47. The van der Waals surface area contributed by atoms with Gasteiger partial charge in [0.15, 0.2) is 0 Å². The Kier molecular flexibility index (Phi) is 2.82. The van der Waals surface area contributed by atoms with Gasteiger partial charge in [0.1, 0.15) is 6.10 Å². The predicted octanol–water partition coefficient (Wildman–Crippen LogP) is 2.99. The second-order valence-electron chi connectivity index (χ2n) is 5.72. The highest BCUT2D eigenvalue weighted by Gasteiger charge is 2.52. The molecule has 1 saturated heterocycles. The van der Waals surface area contributed by atoms with Crippen molar-refractivity contribution < 1.29 is 9.94 Å². The third kappa shape index (κ3) is 1.88.